The van der Waals surface area contributed by atoms with Crippen LogP contribution in [0.1, 0.15) is 18.3 Å². The number of hydrogen-bond donors (Lipinski definition) is 2. The summed E-state index contributed by atoms with van der Waals surface area (Å²) in [7, 11) is 0. The van der Waals surface area contributed by atoms with Crippen molar-refractivity contribution in [2.75, 3.05) is 17.7 Å². The van der Waals surface area contributed by atoms with Crippen LogP contribution >= 0.6 is 11.8 Å². The Labute approximate surface area is 162 Å². The number of amides is 1. The number of H-pyrrole nitrogens is 1. The molecule has 0 saturated carbocycles. The first-order chi connectivity index (χ1) is 13.0. The molecule has 140 valence electrons. The van der Waals surface area contributed by atoms with Crippen LogP contribution in [0.4, 0.5) is 5.69 Å². The van der Waals surface area contributed by atoms with Gasteiger partial charge in [-0.1, -0.05) is 11.8 Å². The molecule has 2 aromatic heterocycles. The summed E-state index contributed by atoms with van der Waals surface area (Å²) < 4.78 is 5.43. The summed E-state index contributed by atoms with van der Waals surface area (Å²) in [6, 6.07) is 11.3. The summed E-state index contributed by atoms with van der Waals surface area (Å²) in [6.07, 6.45) is 0. The summed E-state index contributed by atoms with van der Waals surface area (Å²) in [5.74, 6) is 1.58. The Morgan fingerprint density at radius 2 is 1.85 bits per heavy atom. The minimum absolute atomic E-state index is 0.114. The van der Waals surface area contributed by atoms with Crippen molar-refractivity contribution in [2.45, 2.75) is 25.9 Å². The van der Waals surface area contributed by atoms with Gasteiger partial charge in [0.1, 0.15) is 5.75 Å². The molecule has 3 rings (SSSR count). The third kappa shape index (κ3) is 5.30. The molecule has 7 nitrogen and oxygen atoms in total. The minimum atomic E-state index is -0.114. The van der Waals surface area contributed by atoms with Crippen molar-refractivity contribution < 1.29 is 9.53 Å². The molecule has 1 aromatic carbocycles. The van der Waals surface area contributed by atoms with Gasteiger partial charge in [-0.3, -0.25) is 14.9 Å². The SMILES string of the molecule is CCOc1ccc(-c2nc(SCC(=O)Nc3cc(C)nc(C)c3)n[nH]2)cc1. The van der Waals surface area contributed by atoms with Crippen LogP contribution in [0.2, 0.25) is 0 Å². The highest BCUT2D eigenvalue weighted by molar-refractivity contribution is 7.99. The van der Waals surface area contributed by atoms with Crippen LogP contribution in [0.3, 0.4) is 0 Å². The van der Waals surface area contributed by atoms with Gasteiger partial charge in [0.25, 0.3) is 0 Å². The number of nitrogens with zero attached hydrogens (tertiary/aromatic N) is 3. The zero-order valence-corrected chi connectivity index (χ0v) is 16.3. The van der Waals surface area contributed by atoms with Crippen LogP contribution in [-0.2, 0) is 4.79 Å². The minimum Gasteiger partial charge on any atom is -0.494 e. The lowest BCUT2D eigenvalue weighted by Gasteiger charge is -2.06. The van der Waals surface area contributed by atoms with E-state index in [0.29, 0.717) is 17.6 Å². The summed E-state index contributed by atoms with van der Waals surface area (Å²) in [5.41, 5.74) is 3.39. The molecule has 2 N–H and O–H groups in total. The summed E-state index contributed by atoms with van der Waals surface area (Å²) in [5, 5.41) is 10.5. The number of anilines is 1. The third-order valence-electron chi connectivity index (χ3n) is 3.60. The summed E-state index contributed by atoms with van der Waals surface area (Å²) in [4.78, 5) is 20.9. The number of aromatic nitrogens is 4. The Balaban J connectivity index is 1.56. The Morgan fingerprint density at radius 1 is 1.15 bits per heavy atom. The first-order valence-electron chi connectivity index (χ1n) is 8.57. The van der Waals surface area contributed by atoms with E-state index < -0.39 is 0 Å². The van der Waals surface area contributed by atoms with E-state index in [4.69, 9.17) is 4.74 Å². The van der Waals surface area contributed by atoms with Crippen molar-refractivity contribution >= 4 is 23.4 Å². The van der Waals surface area contributed by atoms with Gasteiger partial charge in [0.05, 0.1) is 12.4 Å². The molecular formula is C19H21N5O2S. The van der Waals surface area contributed by atoms with Gasteiger partial charge in [0, 0.05) is 22.6 Å². The number of hydrogen-bond acceptors (Lipinski definition) is 6. The number of carbonyl (C=O) groups is 1. The highest BCUT2D eigenvalue weighted by Crippen LogP contribution is 2.22. The molecule has 0 atom stereocenters. The lowest BCUT2D eigenvalue weighted by atomic mass is 10.2. The smallest absolute Gasteiger partial charge is 0.234 e. The maximum Gasteiger partial charge on any atom is 0.234 e. The Hall–Kier alpha value is -2.87. The van der Waals surface area contributed by atoms with Crippen molar-refractivity contribution in [3.8, 4) is 17.1 Å². The van der Waals surface area contributed by atoms with Crippen molar-refractivity contribution in [3.05, 3.63) is 47.8 Å². The maximum absolute atomic E-state index is 12.2. The molecule has 0 aliphatic carbocycles. The molecule has 0 saturated heterocycles. The Kier molecular flexibility index (Phi) is 6.08. The molecule has 3 aromatic rings. The third-order valence-corrected chi connectivity index (χ3v) is 4.45. The number of rotatable bonds is 7. The van der Waals surface area contributed by atoms with Gasteiger partial charge in [0.2, 0.25) is 11.1 Å². The average Bonchev–Trinajstić information content (AvgIpc) is 3.09. The number of ether oxygens (including phenoxy) is 1. The molecule has 2 heterocycles. The van der Waals surface area contributed by atoms with Crippen LogP contribution < -0.4 is 10.1 Å². The fourth-order valence-electron chi connectivity index (χ4n) is 2.55. The highest BCUT2D eigenvalue weighted by Gasteiger charge is 2.10. The molecule has 0 unspecified atom stereocenters. The fourth-order valence-corrected chi connectivity index (χ4v) is 3.15. The molecule has 0 spiro atoms. The molecular weight excluding hydrogens is 362 g/mol. The fraction of sp³-hybridized carbons (Fsp3) is 0.263. The Bertz CT molecular complexity index is 904. The zero-order chi connectivity index (χ0) is 19.2. The van der Waals surface area contributed by atoms with E-state index in [0.717, 1.165) is 28.4 Å². The predicted octanol–water partition coefficient (Wildman–Crippen LogP) is 3.61. The molecule has 8 heteroatoms. The largest absolute Gasteiger partial charge is 0.494 e. The van der Waals surface area contributed by atoms with E-state index in [2.05, 4.69) is 25.5 Å². The van der Waals surface area contributed by atoms with Gasteiger partial charge in [-0.25, -0.2) is 4.98 Å². The van der Waals surface area contributed by atoms with Gasteiger partial charge in [-0.2, -0.15) is 0 Å². The molecule has 0 radical (unpaired) electrons. The lowest BCUT2D eigenvalue weighted by molar-refractivity contribution is -0.113. The monoisotopic (exact) mass is 383 g/mol. The quantitative estimate of drug-likeness (QED) is 0.606. The van der Waals surface area contributed by atoms with Crippen molar-refractivity contribution in [1.29, 1.82) is 0 Å². The highest BCUT2D eigenvalue weighted by atomic mass is 32.2. The first kappa shape index (κ1) is 18.9. The molecule has 0 fully saturated rings. The predicted molar refractivity (Wildman–Crippen MR) is 106 cm³/mol. The molecule has 0 bridgehead atoms. The number of nitrogens with one attached hydrogen (secondary N) is 2. The van der Waals surface area contributed by atoms with E-state index >= 15 is 0 Å². The lowest BCUT2D eigenvalue weighted by Crippen LogP contribution is -2.14. The normalized spacial score (nSPS) is 10.6. The number of pyridine rings is 1. The molecule has 1 amide bonds. The number of thioether (sulfide) groups is 1. The van der Waals surface area contributed by atoms with Crippen LogP contribution in [0.25, 0.3) is 11.4 Å². The standard InChI is InChI=1S/C19H21N5O2S/c1-4-26-16-7-5-14(6-8-16)18-22-19(24-23-18)27-11-17(25)21-15-9-12(2)20-13(3)10-15/h5-10H,4,11H2,1-3H3,(H,20,21,25)(H,22,23,24). The van der Waals surface area contributed by atoms with Crippen molar-refractivity contribution in [2.24, 2.45) is 0 Å². The van der Waals surface area contributed by atoms with E-state index in [-0.39, 0.29) is 11.7 Å². The zero-order valence-electron chi connectivity index (χ0n) is 15.4. The molecule has 0 aliphatic rings. The molecule has 27 heavy (non-hydrogen) atoms. The number of carbonyl (C=O) groups excluding carboxylic acids is 1. The van der Waals surface area contributed by atoms with E-state index in [1.807, 2.05) is 57.2 Å². The second kappa shape index (κ2) is 8.68. The summed E-state index contributed by atoms with van der Waals surface area (Å²) in [6.45, 7) is 6.37. The van der Waals surface area contributed by atoms with Crippen molar-refractivity contribution in [3.63, 3.8) is 0 Å². The Morgan fingerprint density at radius 3 is 2.52 bits per heavy atom. The van der Waals surface area contributed by atoms with E-state index in [1.54, 1.807) is 0 Å². The van der Waals surface area contributed by atoms with E-state index in [1.165, 1.54) is 11.8 Å². The second-order valence-corrected chi connectivity index (χ2v) is 6.84. The maximum atomic E-state index is 12.2. The number of aromatic amines is 1. The van der Waals surface area contributed by atoms with Gasteiger partial charge < -0.3 is 10.1 Å². The van der Waals surface area contributed by atoms with Crippen LogP contribution in [0.5, 0.6) is 5.75 Å². The molecule has 0 aliphatic heterocycles. The first-order valence-corrected chi connectivity index (χ1v) is 9.55. The van der Waals surface area contributed by atoms with Crippen molar-refractivity contribution in [1.82, 2.24) is 20.2 Å². The van der Waals surface area contributed by atoms with Gasteiger partial charge in [-0.15, -0.1) is 5.10 Å². The topological polar surface area (TPSA) is 92.8 Å². The second-order valence-electron chi connectivity index (χ2n) is 5.90. The van der Waals surface area contributed by atoms with Gasteiger partial charge >= 0.3 is 0 Å². The summed E-state index contributed by atoms with van der Waals surface area (Å²) >= 11 is 1.28. The van der Waals surface area contributed by atoms with Gasteiger partial charge in [-0.05, 0) is 57.2 Å². The van der Waals surface area contributed by atoms with Crippen LogP contribution in [0.15, 0.2) is 41.6 Å². The number of benzene rings is 1. The van der Waals surface area contributed by atoms with E-state index in [9.17, 15) is 4.79 Å². The van der Waals surface area contributed by atoms with Crippen LogP contribution in [0, 0.1) is 13.8 Å². The van der Waals surface area contributed by atoms with Gasteiger partial charge in [0.15, 0.2) is 5.82 Å². The number of aryl methyl sites for hydroxylation is 2. The average molecular weight is 383 g/mol. The van der Waals surface area contributed by atoms with Crippen LogP contribution in [-0.4, -0.2) is 38.4 Å².